The fraction of sp³-hybridized carbons (Fsp3) is 0.700. The van der Waals surface area contributed by atoms with E-state index in [0.717, 1.165) is 5.69 Å². The van der Waals surface area contributed by atoms with Crippen LogP contribution in [0.1, 0.15) is 32.0 Å². The molecule has 0 saturated heterocycles. The summed E-state index contributed by atoms with van der Waals surface area (Å²) in [6, 6.07) is -0.0880. The van der Waals surface area contributed by atoms with E-state index in [1.165, 1.54) is 0 Å². The Morgan fingerprint density at radius 3 is 2.69 bits per heavy atom. The molecule has 0 aliphatic heterocycles. The van der Waals surface area contributed by atoms with Crippen molar-refractivity contribution in [1.82, 2.24) is 15.2 Å². The van der Waals surface area contributed by atoms with Gasteiger partial charge in [0.25, 0.3) is 0 Å². The van der Waals surface area contributed by atoms with Gasteiger partial charge in [-0.25, -0.2) is 0 Å². The summed E-state index contributed by atoms with van der Waals surface area (Å²) < 4.78 is 7.10. The summed E-state index contributed by atoms with van der Waals surface area (Å²) in [4.78, 5) is 0. The van der Waals surface area contributed by atoms with Crippen LogP contribution in [0, 0.1) is 0 Å². The van der Waals surface area contributed by atoms with Gasteiger partial charge in [0.05, 0.1) is 28.6 Å². The number of nitrogens with one attached hydrogen (secondary N) is 1. The Kier molecular flexibility index (Phi) is 4.32. The van der Waals surface area contributed by atoms with E-state index in [4.69, 9.17) is 22.2 Å². The van der Waals surface area contributed by atoms with Gasteiger partial charge in [-0.05, 0) is 20.3 Å². The Morgan fingerprint density at radius 1 is 1.69 bits per heavy atom. The lowest BCUT2D eigenvalue weighted by molar-refractivity contribution is 0.00618. The molecule has 0 saturated carbocycles. The zero-order chi connectivity index (χ0) is 12.3. The SMILES string of the molecule is COC(C)(C)CC(NN)c1c(Cl)cnn1C. The summed E-state index contributed by atoms with van der Waals surface area (Å²) in [7, 11) is 3.52. The lowest BCUT2D eigenvalue weighted by Gasteiger charge is -2.28. The number of nitrogens with zero attached hydrogens (tertiary/aromatic N) is 2. The molecule has 0 fully saturated rings. The van der Waals surface area contributed by atoms with Gasteiger partial charge in [0.1, 0.15) is 0 Å². The largest absolute Gasteiger partial charge is 0.379 e. The molecule has 6 heteroatoms. The number of hydrogen-bond donors (Lipinski definition) is 2. The fourth-order valence-corrected chi connectivity index (χ4v) is 1.92. The number of nitrogens with two attached hydrogens (primary N) is 1. The number of rotatable bonds is 5. The minimum Gasteiger partial charge on any atom is -0.379 e. The van der Waals surface area contributed by atoms with Crippen LogP contribution < -0.4 is 11.3 Å². The minimum atomic E-state index is -0.273. The zero-order valence-corrected chi connectivity index (χ0v) is 10.9. The zero-order valence-electron chi connectivity index (χ0n) is 10.1. The van der Waals surface area contributed by atoms with Crippen molar-refractivity contribution >= 4 is 11.6 Å². The monoisotopic (exact) mass is 246 g/mol. The number of aryl methyl sites for hydroxylation is 1. The van der Waals surface area contributed by atoms with Gasteiger partial charge in [0, 0.05) is 14.2 Å². The lowest BCUT2D eigenvalue weighted by atomic mass is 9.97. The van der Waals surface area contributed by atoms with Crippen molar-refractivity contribution in [2.24, 2.45) is 12.9 Å². The second-order valence-electron chi connectivity index (χ2n) is 4.39. The highest BCUT2D eigenvalue weighted by Gasteiger charge is 2.26. The number of halogens is 1. The molecule has 0 aromatic carbocycles. The van der Waals surface area contributed by atoms with Gasteiger partial charge in [-0.1, -0.05) is 11.6 Å². The maximum absolute atomic E-state index is 6.07. The van der Waals surface area contributed by atoms with Crippen LogP contribution in [0.3, 0.4) is 0 Å². The summed E-state index contributed by atoms with van der Waals surface area (Å²) >= 11 is 6.07. The third-order valence-electron chi connectivity index (χ3n) is 2.72. The van der Waals surface area contributed by atoms with Crippen molar-refractivity contribution in [3.8, 4) is 0 Å². The molecule has 1 aromatic rings. The Balaban J connectivity index is 2.91. The van der Waals surface area contributed by atoms with E-state index >= 15 is 0 Å². The van der Waals surface area contributed by atoms with Crippen LogP contribution in [-0.4, -0.2) is 22.5 Å². The predicted octanol–water partition coefficient (Wildman–Crippen LogP) is 1.39. The molecule has 16 heavy (non-hydrogen) atoms. The summed E-state index contributed by atoms with van der Waals surface area (Å²) in [6.07, 6.45) is 2.32. The van der Waals surface area contributed by atoms with Crippen molar-refractivity contribution in [1.29, 1.82) is 0 Å². The van der Waals surface area contributed by atoms with Gasteiger partial charge in [-0.3, -0.25) is 16.0 Å². The van der Waals surface area contributed by atoms with Crippen molar-refractivity contribution in [3.63, 3.8) is 0 Å². The van der Waals surface area contributed by atoms with E-state index in [-0.39, 0.29) is 11.6 Å². The summed E-state index contributed by atoms with van der Waals surface area (Å²) in [5, 5.41) is 4.70. The van der Waals surface area contributed by atoms with Gasteiger partial charge in [-0.15, -0.1) is 0 Å². The number of hydrazine groups is 1. The average molecular weight is 247 g/mol. The Bertz CT molecular complexity index is 331. The van der Waals surface area contributed by atoms with Crippen LogP contribution in [0.15, 0.2) is 6.20 Å². The second-order valence-corrected chi connectivity index (χ2v) is 4.80. The van der Waals surface area contributed by atoms with Crippen LogP contribution >= 0.6 is 11.6 Å². The van der Waals surface area contributed by atoms with Crippen LogP contribution in [0.25, 0.3) is 0 Å². The summed E-state index contributed by atoms with van der Waals surface area (Å²) in [5.41, 5.74) is 3.35. The first-order valence-corrected chi connectivity index (χ1v) is 5.47. The first-order valence-electron chi connectivity index (χ1n) is 5.10. The molecule has 1 heterocycles. The first kappa shape index (κ1) is 13.4. The molecule has 0 radical (unpaired) electrons. The van der Waals surface area contributed by atoms with Crippen molar-refractivity contribution in [2.75, 3.05) is 7.11 Å². The van der Waals surface area contributed by atoms with Crippen LogP contribution in [-0.2, 0) is 11.8 Å². The van der Waals surface area contributed by atoms with Crippen LogP contribution in [0.5, 0.6) is 0 Å². The molecule has 1 aromatic heterocycles. The maximum Gasteiger partial charge on any atom is 0.0834 e. The normalized spacial score (nSPS) is 14.1. The number of aromatic nitrogens is 2. The van der Waals surface area contributed by atoms with Crippen molar-refractivity contribution in [2.45, 2.75) is 31.9 Å². The van der Waals surface area contributed by atoms with Crippen LogP contribution in [0.4, 0.5) is 0 Å². The molecule has 0 amide bonds. The van der Waals surface area contributed by atoms with E-state index in [0.29, 0.717) is 11.4 Å². The number of methoxy groups -OCH3 is 1. The highest BCUT2D eigenvalue weighted by atomic mass is 35.5. The van der Waals surface area contributed by atoms with Gasteiger partial charge in [0.15, 0.2) is 0 Å². The fourth-order valence-electron chi connectivity index (χ4n) is 1.62. The highest BCUT2D eigenvalue weighted by Crippen LogP contribution is 2.29. The molecule has 1 rings (SSSR count). The number of hydrogen-bond acceptors (Lipinski definition) is 4. The highest BCUT2D eigenvalue weighted by molar-refractivity contribution is 6.31. The molecule has 3 N–H and O–H groups in total. The molecule has 1 atom stereocenters. The maximum atomic E-state index is 6.07. The van der Waals surface area contributed by atoms with Gasteiger partial charge in [-0.2, -0.15) is 5.10 Å². The van der Waals surface area contributed by atoms with Gasteiger partial charge < -0.3 is 4.74 Å². The molecule has 0 aliphatic carbocycles. The molecular weight excluding hydrogens is 228 g/mol. The third kappa shape index (κ3) is 2.95. The minimum absolute atomic E-state index is 0.0880. The molecule has 0 spiro atoms. The Morgan fingerprint density at radius 2 is 2.31 bits per heavy atom. The van der Waals surface area contributed by atoms with E-state index < -0.39 is 0 Å². The first-order chi connectivity index (χ1) is 7.41. The van der Waals surface area contributed by atoms with Gasteiger partial charge >= 0.3 is 0 Å². The number of ether oxygens (including phenoxy) is 1. The molecule has 5 nitrogen and oxygen atoms in total. The quantitative estimate of drug-likeness (QED) is 0.609. The van der Waals surface area contributed by atoms with Crippen molar-refractivity contribution in [3.05, 3.63) is 16.9 Å². The predicted molar refractivity (Wildman–Crippen MR) is 64.0 cm³/mol. The van der Waals surface area contributed by atoms with E-state index in [2.05, 4.69) is 10.5 Å². The van der Waals surface area contributed by atoms with E-state index in [1.807, 2.05) is 20.9 Å². The second kappa shape index (κ2) is 5.14. The Labute approximate surface area is 101 Å². The molecule has 0 aliphatic rings. The third-order valence-corrected chi connectivity index (χ3v) is 3.01. The molecule has 92 valence electrons. The van der Waals surface area contributed by atoms with Crippen molar-refractivity contribution < 1.29 is 4.74 Å². The molecule has 0 bridgehead atoms. The lowest BCUT2D eigenvalue weighted by Crippen LogP contribution is -2.36. The smallest absolute Gasteiger partial charge is 0.0834 e. The summed E-state index contributed by atoms with van der Waals surface area (Å²) in [5.74, 6) is 5.56. The van der Waals surface area contributed by atoms with Crippen LogP contribution in [0.2, 0.25) is 5.02 Å². The molecule has 1 unspecified atom stereocenters. The topological polar surface area (TPSA) is 65.1 Å². The van der Waals surface area contributed by atoms with E-state index in [1.54, 1.807) is 18.0 Å². The van der Waals surface area contributed by atoms with E-state index in [9.17, 15) is 0 Å². The average Bonchev–Trinajstić information content (AvgIpc) is 2.56. The van der Waals surface area contributed by atoms with Gasteiger partial charge in [0.2, 0.25) is 0 Å². The summed E-state index contributed by atoms with van der Waals surface area (Å²) in [6.45, 7) is 4.00. The standard InChI is InChI=1S/C10H19ClN4O/c1-10(2,16-4)5-8(14-12)9-7(11)6-13-15(9)3/h6,8,14H,5,12H2,1-4H3. The Hall–Kier alpha value is -0.620. The molecular formula is C10H19ClN4O.